The average molecular weight is 355 g/mol. The summed E-state index contributed by atoms with van der Waals surface area (Å²) in [5.74, 6) is 2.20. The number of hydrogen-bond donors (Lipinski definition) is 2. The molecule has 0 aliphatic rings. The zero-order chi connectivity index (χ0) is 17.4. The Morgan fingerprint density at radius 3 is 2.92 bits per heavy atom. The number of nitrogens with zero attached hydrogens (tertiary/aromatic N) is 2. The van der Waals surface area contributed by atoms with E-state index in [4.69, 9.17) is 9.15 Å². The van der Waals surface area contributed by atoms with E-state index in [9.17, 15) is 5.11 Å². The molecule has 0 aliphatic carbocycles. The first-order valence-electron chi connectivity index (χ1n) is 7.86. The number of aromatic nitrogens is 3. The minimum Gasteiger partial charge on any atom is -0.488 e. The lowest BCUT2D eigenvalue weighted by molar-refractivity contribution is 0.277. The number of imidazole rings is 1. The Bertz CT molecular complexity index is 1030. The zero-order valence-corrected chi connectivity index (χ0v) is 14.7. The van der Waals surface area contributed by atoms with Crippen LogP contribution in [0.3, 0.4) is 0 Å². The van der Waals surface area contributed by atoms with Gasteiger partial charge in [-0.15, -0.1) is 11.3 Å². The lowest BCUT2D eigenvalue weighted by atomic mass is 10.1. The summed E-state index contributed by atoms with van der Waals surface area (Å²) in [5, 5.41) is 10.2. The fourth-order valence-electron chi connectivity index (χ4n) is 2.77. The normalized spacial score (nSPS) is 11.3. The molecule has 0 radical (unpaired) electrons. The van der Waals surface area contributed by atoms with Gasteiger partial charge in [-0.05, 0) is 32.0 Å². The quantitative estimate of drug-likeness (QED) is 0.566. The van der Waals surface area contributed by atoms with E-state index in [1.54, 1.807) is 17.5 Å². The van der Waals surface area contributed by atoms with Crippen LogP contribution in [0.5, 0.6) is 5.75 Å². The number of ether oxygens (including phenoxy) is 1. The van der Waals surface area contributed by atoms with Gasteiger partial charge in [0, 0.05) is 11.6 Å². The summed E-state index contributed by atoms with van der Waals surface area (Å²) in [5.41, 5.74) is 5.07. The van der Waals surface area contributed by atoms with Crippen molar-refractivity contribution in [2.75, 3.05) is 0 Å². The maximum atomic E-state index is 9.23. The van der Waals surface area contributed by atoms with Crippen molar-refractivity contribution in [1.82, 2.24) is 15.0 Å². The molecule has 3 heterocycles. The van der Waals surface area contributed by atoms with Crippen LogP contribution in [0, 0.1) is 13.8 Å². The number of furan rings is 1. The SMILES string of the molecule is Cc1ncsc1COc1ccc2oc(C)c(-c3nc(CO)c[nH]3)c2c1. The fourth-order valence-corrected chi connectivity index (χ4v) is 3.45. The number of aliphatic hydroxyl groups is 1. The topological polar surface area (TPSA) is 84.2 Å². The lowest BCUT2D eigenvalue weighted by Crippen LogP contribution is -1.95. The molecule has 0 bridgehead atoms. The van der Waals surface area contributed by atoms with Crippen LogP contribution < -0.4 is 4.74 Å². The van der Waals surface area contributed by atoms with Crippen LogP contribution in [0.4, 0.5) is 0 Å². The molecule has 25 heavy (non-hydrogen) atoms. The first-order chi connectivity index (χ1) is 12.2. The molecule has 6 nitrogen and oxygen atoms in total. The van der Waals surface area contributed by atoms with Crippen molar-refractivity contribution in [3.8, 4) is 17.1 Å². The largest absolute Gasteiger partial charge is 0.488 e. The lowest BCUT2D eigenvalue weighted by Gasteiger charge is -2.05. The van der Waals surface area contributed by atoms with Crippen LogP contribution >= 0.6 is 11.3 Å². The van der Waals surface area contributed by atoms with Crippen molar-refractivity contribution in [3.05, 3.63) is 51.9 Å². The maximum absolute atomic E-state index is 9.23. The van der Waals surface area contributed by atoms with Crippen LogP contribution in [0.25, 0.3) is 22.4 Å². The Hall–Kier alpha value is -2.64. The summed E-state index contributed by atoms with van der Waals surface area (Å²) in [7, 11) is 0. The molecule has 0 saturated heterocycles. The van der Waals surface area contributed by atoms with Gasteiger partial charge in [0.1, 0.15) is 29.5 Å². The highest BCUT2D eigenvalue weighted by molar-refractivity contribution is 7.09. The Kier molecular flexibility index (Phi) is 4.03. The standard InChI is InChI=1S/C18H17N3O3S/c1-10-16(25-9-20-10)8-23-13-3-4-15-14(5-13)17(11(2)24-15)18-19-6-12(7-22)21-18/h3-6,9,22H,7-8H2,1-2H3,(H,19,21). The molecule has 0 aliphatic heterocycles. The number of aryl methyl sites for hydroxylation is 2. The summed E-state index contributed by atoms with van der Waals surface area (Å²) in [6.07, 6.45) is 1.69. The highest BCUT2D eigenvalue weighted by atomic mass is 32.1. The van der Waals surface area contributed by atoms with Gasteiger partial charge >= 0.3 is 0 Å². The Morgan fingerprint density at radius 1 is 1.32 bits per heavy atom. The zero-order valence-electron chi connectivity index (χ0n) is 13.9. The number of rotatable bonds is 5. The second-order valence-electron chi connectivity index (χ2n) is 5.74. The molecule has 4 rings (SSSR count). The summed E-state index contributed by atoms with van der Waals surface area (Å²) in [6.45, 7) is 4.26. The first-order valence-corrected chi connectivity index (χ1v) is 8.74. The molecule has 0 atom stereocenters. The minimum absolute atomic E-state index is 0.103. The second kappa shape index (κ2) is 6.34. The Morgan fingerprint density at radius 2 is 2.20 bits per heavy atom. The number of H-pyrrole nitrogens is 1. The van der Waals surface area contributed by atoms with Crippen LogP contribution in [-0.2, 0) is 13.2 Å². The predicted molar refractivity (Wildman–Crippen MR) is 95.6 cm³/mol. The summed E-state index contributed by atoms with van der Waals surface area (Å²) < 4.78 is 11.8. The van der Waals surface area contributed by atoms with E-state index in [1.165, 1.54) is 0 Å². The maximum Gasteiger partial charge on any atom is 0.141 e. The van der Waals surface area contributed by atoms with Gasteiger partial charge in [0.15, 0.2) is 0 Å². The van der Waals surface area contributed by atoms with E-state index < -0.39 is 0 Å². The van der Waals surface area contributed by atoms with E-state index in [0.717, 1.165) is 38.6 Å². The van der Waals surface area contributed by atoms with E-state index in [2.05, 4.69) is 15.0 Å². The van der Waals surface area contributed by atoms with Crippen molar-refractivity contribution in [2.45, 2.75) is 27.1 Å². The van der Waals surface area contributed by atoms with E-state index >= 15 is 0 Å². The Balaban J connectivity index is 1.69. The van der Waals surface area contributed by atoms with Gasteiger partial charge in [-0.25, -0.2) is 9.97 Å². The van der Waals surface area contributed by atoms with Crippen LogP contribution in [0.15, 0.2) is 34.3 Å². The van der Waals surface area contributed by atoms with Crippen molar-refractivity contribution in [2.24, 2.45) is 0 Å². The molecule has 0 fully saturated rings. The van der Waals surface area contributed by atoms with Crippen LogP contribution in [0.2, 0.25) is 0 Å². The molecular weight excluding hydrogens is 338 g/mol. The monoisotopic (exact) mass is 355 g/mol. The minimum atomic E-state index is -0.103. The van der Waals surface area contributed by atoms with Gasteiger partial charge in [-0.2, -0.15) is 0 Å². The molecular formula is C18H17N3O3S. The first kappa shape index (κ1) is 15.9. The number of thiazole rings is 1. The molecule has 0 saturated carbocycles. The number of hydrogen-bond acceptors (Lipinski definition) is 6. The van der Waals surface area contributed by atoms with Crippen LogP contribution in [-0.4, -0.2) is 20.1 Å². The van der Waals surface area contributed by atoms with E-state index in [-0.39, 0.29) is 6.61 Å². The summed E-state index contributed by atoms with van der Waals surface area (Å²) in [6, 6.07) is 5.75. The van der Waals surface area contributed by atoms with Gasteiger partial charge in [0.05, 0.1) is 33.9 Å². The van der Waals surface area contributed by atoms with Crippen molar-refractivity contribution >= 4 is 22.3 Å². The van der Waals surface area contributed by atoms with Gasteiger partial charge in [-0.1, -0.05) is 0 Å². The Labute approximate surface area is 148 Å². The number of aromatic amines is 1. The third kappa shape index (κ3) is 2.92. The van der Waals surface area contributed by atoms with E-state index in [1.807, 2.05) is 37.6 Å². The predicted octanol–water partition coefficient (Wildman–Crippen LogP) is 3.97. The highest BCUT2D eigenvalue weighted by Crippen LogP contribution is 2.35. The molecule has 2 N–H and O–H groups in total. The third-order valence-corrected chi connectivity index (χ3v) is 4.99. The van der Waals surface area contributed by atoms with Gasteiger partial charge < -0.3 is 19.2 Å². The molecule has 4 aromatic rings. The van der Waals surface area contributed by atoms with Gasteiger partial charge in [0.25, 0.3) is 0 Å². The van der Waals surface area contributed by atoms with Gasteiger partial charge in [0.2, 0.25) is 0 Å². The smallest absolute Gasteiger partial charge is 0.141 e. The second-order valence-corrected chi connectivity index (χ2v) is 6.68. The third-order valence-electron chi connectivity index (χ3n) is 4.08. The number of nitrogens with one attached hydrogen (secondary N) is 1. The summed E-state index contributed by atoms with van der Waals surface area (Å²) >= 11 is 1.59. The van der Waals surface area contributed by atoms with Gasteiger partial charge in [-0.3, -0.25) is 0 Å². The molecule has 128 valence electrons. The highest BCUT2D eigenvalue weighted by Gasteiger charge is 2.17. The molecule has 1 aromatic carbocycles. The molecule has 7 heteroatoms. The average Bonchev–Trinajstić information content (AvgIpc) is 3.30. The molecule has 0 spiro atoms. The number of aliphatic hydroxyl groups excluding tert-OH is 1. The van der Waals surface area contributed by atoms with E-state index in [0.29, 0.717) is 18.1 Å². The number of fused-ring (bicyclic) bond motifs is 1. The number of benzene rings is 1. The molecule has 0 unspecified atom stereocenters. The van der Waals surface area contributed by atoms with Crippen molar-refractivity contribution in [3.63, 3.8) is 0 Å². The fraction of sp³-hybridized carbons (Fsp3) is 0.222. The van der Waals surface area contributed by atoms with Crippen molar-refractivity contribution in [1.29, 1.82) is 0 Å². The molecule has 3 aromatic heterocycles. The molecule has 0 amide bonds. The summed E-state index contributed by atoms with van der Waals surface area (Å²) in [4.78, 5) is 12.8. The van der Waals surface area contributed by atoms with Crippen LogP contribution in [0.1, 0.15) is 22.0 Å². The van der Waals surface area contributed by atoms with Crippen molar-refractivity contribution < 1.29 is 14.3 Å².